The van der Waals surface area contributed by atoms with Crippen LogP contribution < -0.4 is 11.1 Å². The number of aromatic nitrogens is 2. The van der Waals surface area contributed by atoms with Gasteiger partial charge in [-0.1, -0.05) is 0 Å². The molecule has 0 aromatic carbocycles. The Bertz CT molecular complexity index is 474. The van der Waals surface area contributed by atoms with Gasteiger partial charge in [-0.3, -0.25) is 9.48 Å². The van der Waals surface area contributed by atoms with E-state index in [4.69, 9.17) is 5.73 Å². The zero-order valence-corrected chi connectivity index (χ0v) is 12.2. The van der Waals surface area contributed by atoms with E-state index < -0.39 is 0 Å². The van der Waals surface area contributed by atoms with E-state index in [9.17, 15) is 4.79 Å². The number of carbonyl (C=O) groups is 1. The van der Waals surface area contributed by atoms with Crippen LogP contribution in [0, 0.1) is 19.8 Å². The van der Waals surface area contributed by atoms with Crippen LogP contribution in [-0.4, -0.2) is 21.7 Å². The molecule has 3 N–H and O–H groups in total. The van der Waals surface area contributed by atoms with Crippen molar-refractivity contribution in [1.29, 1.82) is 0 Å². The van der Waals surface area contributed by atoms with Gasteiger partial charge in [0, 0.05) is 18.5 Å². The van der Waals surface area contributed by atoms with Gasteiger partial charge >= 0.3 is 0 Å². The zero-order valence-electron chi connectivity index (χ0n) is 12.2. The first kappa shape index (κ1) is 14.1. The molecule has 1 fully saturated rings. The summed E-state index contributed by atoms with van der Waals surface area (Å²) < 4.78 is 1.94. The van der Waals surface area contributed by atoms with E-state index in [1.807, 2.05) is 18.5 Å². The van der Waals surface area contributed by atoms with Gasteiger partial charge in [-0.05, 0) is 46.5 Å². The lowest BCUT2D eigenvalue weighted by Gasteiger charge is -2.12. The number of hydrogen-bond acceptors (Lipinski definition) is 3. The Balaban J connectivity index is 2.03. The number of carbonyl (C=O) groups excluding carboxylic acids is 1. The molecule has 1 aliphatic rings. The highest BCUT2D eigenvalue weighted by Gasteiger charge is 2.30. The van der Waals surface area contributed by atoms with Crippen molar-refractivity contribution in [2.75, 3.05) is 5.32 Å². The van der Waals surface area contributed by atoms with Gasteiger partial charge in [0.1, 0.15) is 0 Å². The second-order valence-electron chi connectivity index (χ2n) is 5.84. The van der Waals surface area contributed by atoms with E-state index in [0.717, 1.165) is 29.9 Å². The van der Waals surface area contributed by atoms with Crippen molar-refractivity contribution in [2.45, 2.75) is 59.0 Å². The van der Waals surface area contributed by atoms with Gasteiger partial charge in [0.2, 0.25) is 5.91 Å². The number of nitrogens with zero attached hydrogens (tertiary/aromatic N) is 2. The predicted octanol–water partition coefficient (Wildman–Crippen LogP) is 2.15. The molecule has 19 heavy (non-hydrogen) atoms. The summed E-state index contributed by atoms with van der Waals surface area (Å²) in [6, 6.07) is 0.291. The van der Waals surface area contributed by atoms with Gasteiger partial charge in [0.05, 0.1) is 17.1 Å². The number of aryl methyl sites for hydroxylation is 1. The summed E-state index contributed by atoms with van der Waals surface area (Å²) in [6.45, 7) is 8.06. The Morgan fingerprint density at radius 1 is 1.47 bits per heavy atom. The molecule has 0 spiro atoms. The third-order valence-corrected chi connectivity index (χ3v) is 3.73. The molecule has 0 radical (unpaired) electrons. The number of hydrogen-bond donors (Lipinski definition) is 2. The average molecular weight is 264 g/mol. The summed E-state index contributed by atoms with van der Waals surface area (Å²) in [4.78, 5) is 12.0. The molecule has 1 unspecified atom stereocenters. The summed E-state index contributed by atoms with van der Waals surface area (Å²) in [5, 5.41) is 7.43. The zero-order chi connectivity index (χ0) is 14.2. The van der Waals surface area contributed by atoms with Crippen LogP contribution in [0.2, 0.25) is 0 Å². The number of nitrogens with one attached hydrogen (secondary N) is 1. The third kappa shape index (κ3) is 3.15. The van der Waals surface area contributed by atoms with Crippen molar-refractivity contribution in [3.05, 3.63) is 11.4 Å². The SMILES string of the molecule is Cc1nn(C(C)C)c(C)c1NC(=O)CC(N)C1CC1. The summed E-state index contributed by atoms with van der Waals surface area (Å²) in [5.41, 5.74) is 8.68. The van der Waals surface area contributed by atoms with Gasteiger partial charge in [0.25, 0.3) is 0 Å². The Kier molecular flexibility index (Phi) is 3.94. The fourth-order valence-corrected chi connectivity index (χ4v) is 2.44. The van der Waals surface area contributed by atoms with Gasteiger partial charge in [0.15, 0.2) is 0 Å². The molecular formula is C14H24N4O. The van der Waals surface area contributed by atoms with Gasteiger partial charge in [-0.25, -0.2) is 0 Å². The molecule has 5 nitrogen and oxygen atoms in total. The second kappa shape index (κ2) is 5.33. The first-order chi connectivity index (χ1) is 8.90. The van der Waals surface area contributed by atoms with E-state index >= 15 is 0 Å². The molecule has 1 atom stereocenters. The number of nitrogens with two attached hydrogens (primary N) is 1. The molecule has 1 aromatic rings. The lowest BCUT2D eigenvalue weighted by Crippen LogP contribution is -2.29. The van der Waals surface area contributed by atoms with Crippen LogP contribution in [0.15, 0.2) is 0 Å². The van der Waals surface area contributed by atoms with Crippen molar-refractivity contribution in [1.82, 2.24) is 9.78 Å². The van der Waals surface area contributed by atoms with E-state index in [1.54, 1.807) is 0 Å². The molecule has 1 amide bonds. The monoisotopic (exact) mass is 264 g/mol. The van der Waals surface area contributed by atoms with Crippen molar-refractivity contribution >= 4 is 11.6 Å². The molecule has 5 heteroatoms. The Labute approximate surface area is 114 Å². The van der Waals surface area contributed by atoms with Gasteiger partial charge < -0.3 is 11.1 Å². The van der Waals surface area contributed by atoms with E-state index in [0.29, 0.717) is 12.3 Å². The third-order valence-electron chi connectivity index (χ3n) is 3.73. The van der Waals surface area contributed by atoms with Gasteiger partial charge in [-0.2, -0.15) is 5.10 Å². The van der Waals surface area contributed by atoms with E-state index in [-0.39, 0.29) is 18.0 Å². The second-order valence-corrected chi connectivity index (χ2v) is 5.84. The van der Waals surface area contributed by atoms with Crippen molar-refractivity contribution in [3.8, 4) is 0 Å². The maximum absolute atomic E-state index is 12.0. The van der Waals surface area contributed by atoms with Crippen LogP contribution in [0.3, 0.4) is 0 Å². The molecule has 1 aliphatic carbocycles. The molecule has 0 aliphatic heterocycles. The Morgan fingerprint density at radius 2 is 2.11 bits per heavy atom. The highest BCUT2D eigenvalue weighted by molar-refractivity contribution is 5.92. The van der Waals surface area contributed by atoms with Crippen molar-refractivity contribution in [2.24, 2.45) is 11.7 Å². The first-order valence-electron chi connectivity index (χ1n) is 7.01. The van der Waals surface area contributed by atoms with Crippen LogP contribution in [0.1, 0.15) is 50.5 Å². The lowest BCUT2D eigenvalue weighted by molar-refractivity contribution is -0.116. The van der Waals surface area contributed by atoms with Crippen LogP contribution in [0.5, 0.6) is 0 Å². The first-order valence-corrected chi connectivity index (χ1v) is 7.01. The molecule has 2 rings (SSSR count). The summed E-state index contributed by atoms with van der Waals surface area (Å²) >= 11 is 0. The van der Waals surface area contributed by atoms with E-state index in [2.05, 4.69) is 24.3 Å². The number of rotatable bonds is 5. The van der Waals surface area contributed by atoms with Crippen molar-refractivity contribution in [3.63, 3.8) is 0 Å². The molecular weight excluding hydrogens is 240 g/mol. The standard InChI is InChI=1S/C14H24N4O/c1-8(2)18-10(4)14(9(3)17-18)16-13(19)7-12(15)11-5-6-11/h8,11-12H,5-7,15H2,1-4H3,(H,16,19). The minimum Gasteiger partial charge on any atom is -0.327 e. The minimum absolute atomic E-state index is 0.000700. The molecule has 0 bridgehead atoms. The lowest BCUT2D eigenvalue weighted by atomic mass is 10.1. The molecule has 106 valence electrons. The average Bonchev–Trinajstić information content (AvgIpc) is 3.11. The summed E-state index contributed by atoms with van der Waals surface area (Å²) in [6.07, 6.45) is 2.73. The normalized spacial score (nSPS) is 16.7. The van der Waals surface area contributed by atoms with Crippen LogP contribution in [-0.2, 0) is 4.79 Å². The molecule has 1 saturated carbocycles. The summed E-state index contributed by atoms with van der Waals surface area (Å²) in [5.74, 6) is 0.542. The smallest absolute Gasteiger partial charge is 0.226 e. The minimum atomic E-state index is -0.00564. The Morgan fingerprint density at radius 3 is 2.58 bits per heavy atom. The maximum atomic E-state index is 12.0. The van der Waals surface area contributed by atoms with Crippen LogP contribution in [0.25, 0.3) is 0 Å². The van der Waals surface area contributed by atoms with Crippen molar-refractivity contribution < 1.29 is 4.79 Å². The number of amides is 1. The number of anilines is 1. The molecule has 1 aromatic heterocycles. The molecule has 0 saturated heterocycles. The summed E-state index contributed by atoms with van der Waals surface area (Å²) in [7, 11) is 0. The highest BCUT2D eigenvalue weighted by Crippen LogP contribution is 2.33. The predicted molar refractivity (Wildman–Crippen MR) is 76.0 cm³/mol. The fourth-order valence-electron chi connectivity index (χ4n) is 2.44. The van der Waals surface area contributed by atoms with Crippen LogP contribution in [0.4, 0.5) is 5.69 Å². The van der Waals surface area contributed by atoms with Gasteiger partial charge in [-0.15, -0.1) is 0 Å². The van der Waals surface area contributed by atoms with Crippen LogP contribution >= 0.6 is 0 Å². The van der Waals surface area contributed by atoms with E-state index in [1.165, 1.54) is 0 Å². The largest absolute Gasteiger partial charge is 0.327 e. The quantitative estimate of drug-likeness (QED) is 0.855. The Hall–Kier alpha value is -1.36. The highest BCUT2D eigenvalue weighted by atomic mass is 16.1. The maximum Gasteiger partial charge on any atom is 0.226 e. The fraction of sp³-hybridized carbons (Fsp3) is 0.714. The topological polar surface area (TPSA) is 72.9 Å². The molecule has 1 heterocycles.